The lowest BCUT2D eigenvalue weighted by molar-refractivity contribution is -0.145. The standard InChI is InChI=1S/C17H20FN3O4/c1-24-17(23)14(9-12-10-19-11-20-12)21-16(22)7-4-8-25-15-6-3-2-5-13(15)18/h2-3,5-6,10-11,14H,4,7-9H2,1H3,(H,19,20)(H,21,22)/t14-/m1/s1. The SMILES string of the molecule is COC(=O)[C@@H](Cc1cnc[nH]1)NC(=O)CCCOc1ccccc1F. The van der Waals surface area contributed by atoms with Crippen molar-refractivity contribution in [1.29, 1.82) is 0 Å². The van der Waals surface area contributed by atoms with Crippen LogP contribution in [-0.4, -0.2) is 41.6 Å². The summed E-state index contributed by atoms with van der Waals surface area (Å²) in [4.78, 5) is 30.5. The fourth-order valence-corrected chi connectivity index (χ4v) is 2.19. The number of aromatic amines is 1. The summed E-state index contributed by atoms with van der Waals surface area (Å²) in [7, 11) is 1.26. The highest BCUT2D eigenvalue weighted by molar-refractivity contribution is 5.84. The number of nitrogens with zero attached hydrogens (tertiary/aromatic N) is 1. The minimum absolute atomic E-state index is 0.144. The maximum atomic E-state index is 13.4. The number of methoxy groups -OCH3 is 1. The van der Waals surface area contributed by atoms with Crippen LogP contribution in [0, 0.1) is 5.82 Å². The van der Waals surface area contributed by atoms with Crippen molar-refractivity contribution in [3.05, 3.63) is 48.3 Å². The van der Waals surface area contributed by atoms with Gasteiger partial charge >= 0.3 is 5.97 Å². The maximum absolute atomic E-state index is 13.4. The molecule has 2 aromatic rings. The summed E-state index contributed by atoms with van der Waals surface area (Å²) in [6, 6.07) is 5.26. The number of ether oxygens (including phenoxy) is 2. The first-order chi connectivity index (χ1) is 12.1. The van der Waals surface area contributed by atoms with E-state index < -0.39 is 17.8 Å². The van der Waals surface area contributed by atoms with Crippen molar-refractivity contribution in [2.75, 3.05) is 13.7 Å². The second-order valence-electron chi connectivity index (χ2n) is 5.31. The van der Waals surface area contributed by atoms with E-state index in [1.165, 1.54) is 25.6 Å². The highest BCUT2D eigenvalue weighted by Gasteiger charge is 2.22. The highest BCUT2D eigenvalue weighted by atomic mass is 19.1. The number of amides is 1. The molecule has 0 saturated carbocycles. The summed E-state index contributed by atoms with van der Waals surface area (Å²) < 4.78 is 23.4. The Kier molecular flexibility index (Phi) is 6.94. The summed E-state index contributed by atoms with van der Waals surface area (Å²) in [6.07, 6.45) is 3.85. The van der Waals surface area contributed by atoms with Gasteiger partial charge in [-0.1, -0.05) is 12.1 Å². The van der Waals surface area contributed by atoms with Gasteiger partial charge in [-0.25, -0.2) is 14.2 Å². The smallest absolute Gasteiger partial charge is 0.328 e. The average Bonchev–Trinajstić information content (AvgIpc) is 3.12. The van der Waals surface area contributed by atoms with Gasteiger partial charge in [-0.3, -0.25) is 4.79 Å². The van der Waals surface area contributed by atoms with Gasteiger partial charge in [-0.2, -0.15) is 0 Å². The fourth-order valence-electron chi connectivity index (χ4n) is 2.19. The van der Waals surface area contributed by atoms with Gasteiger partial charge in [0.15, 0.2) is 11.6 Å². The van der Waals surface area contributed by atoms with Crippen molar-refractivity contribution in [3.8, 4) is 5.75 Å². The number of H-pyrrole nitrogens is 1. The Morgan fingerprint density at radius 2 is 2.16 bits per heavy atom. The van der Waals surface area contributed by atoms with Gasteiger partial charge in [0.05, 0.1) is 20.0 Å². The zero-order valence-electron chi connectivity index (χ0n) is 13.8. The van der Waals surface area contributed by atoms with Crippen LogP contribution in [0.5, 0.6) is 5.75 Å². The number of nitrogens with one attached hydrogen (secondary N) is 2. The minimum atomic E-state index is -0.801. The zero-order chi connectivity index (χ0) is 18.1. The van der Waals surface area contributed by atoms with Crippen LogP contribution in [0.2, 0.25) is 0 Å². The van der Waals surface area contributed by atoms with Gasteiger partial charge in [0.1, 0.15) is 6.04 Å². The van der Waals surface area contributed by atoms with Crippen molar-refractivity contribution < 1.29 is 23.5 Å². The molecule has 1 atom stereocenters. The molecule has 0 aliphatic rings. The van der Waals surface area contributed by atoms with E-state index in [1.807, 2.05) is 0 Å². The van der Waals surface area contributed by atoms with Crippen LogP contribution >= 0.6 is 0 Å². The number of imidazole rings is 1. The van der Waals surface area contributed by atoms with Gasteiger partial charge < -0.3 is 19.8 Å². The molecule has 2 N–H and O–H groups in total. The first-order valence-corrected chi connectivity index (χ1v) is 7.82. The van der Waals surface area contributed by atoms with E-state index in [-0.39, 0.29) is 31.1 Å². The summed E-state index contributed by atoms with van der Waals surface area (Å²) in [5.41, 5.74) is 0.707. The summed E-state index contributed by atoms with van der Waals surface area (Å²) in [6.45, 7) is 0.192. The Labute approximate surface area is 144 Å². The van der Waals surface area contributed by atoms with E-state index in [0.717, 1.165) is 0 Å². The van der Waals surface area contributed by atoms with E-state index in [2.05, 4.69) is 15.3 Å². The van der Waals surface area contributed by atoms with E-state index >= 15 is 0 Å². The monoisotopic (exact) mass is 349 g/mol. The summed E-state index contributed by atoms with van der Waals surface area (Å²) >= 11 is 0. The molecule has 134 valence electrons. The molecule has 0 fully saturated rings. The maximum Gasteiger partial charge on any atom is 0.328 e. The van der Waals surface area contributed by atoms with Gasteiger partial charge in [-0.05, 0) is 18.6 Å². The number of carbonyl (C=O) groups is 2. The molecule has 0 aliphatic heterocycles. The molecule has 0 bridgehead atoms. The molecule has 8 heteroatoms. The molecule has 0 spiro atoms. The second-order valence-corrected chi connectivity index (χ2v) is 5.31. The first kappa shape index (κ1) is 18.4. The van der Waals surface area contributed by atoms with Crippen LogP contribution in [-0.2, 0) is 20.7 Å². The molecular formula is C17H20FN3O4. The van der Waals surface area contributed by atoms with Crippen LogP contribution in [0.25, 0.3) is 0 Å². The van der Waals surface area contributed by atoms with Crippen LogP contribution < -0.4 is 10.1 Å². The van der Waals surface area contributed by atoms with Crippen LogP contribution in [0.15, 0.2) is 36.8 Å². The number of hydrogen-bond acceptors (Lipinski definition) is 5. The van der Waals surface area contributed by atoms with Crippen molar-refractivity contribution >= 4 is 11.9 Å². The number of carbonyl (C=O) groups excluding carboxylic acids is 2. The Morgan fingerprint density at radius 3 is 2.84 bits per heavy atom. The Hall–Kier alpha value is -2.90. The van der Waals surface area contributed by atoms with E-state index in [0.29, 0.717) is 12.1 Å². The molecule has 0 aliphatic carbocycles. The number of para-hydroxylation sites is 1. The summed E-state index contributed by atoms with van der Waals surface area (Å²) in [5.74, 6) is -1.15. The summed E-state index contributed by atoms with van der Waals surface area (Å²) in [5, 5.41) is 2.63. The van der Waals surface area contributed by atoms with Gasteiger partial charge in [0.2, 0.25) is 5.91 Å². The van der Waals surface area contributed by atoms with Crippen molar-refractivity contribution in [3.63, 3.8) is 0 Å². The lowest BCUT2D eigenvalue weighted by Gasteiger charge is -2.15. The number of hydrogen-bond donors (Lipinski definition) is 2. The second kappa shape index (κ2) is 9.41. The van der Waals surface area contributed by atoms with Crippen LogP contribution in [0.4, 0.5) is 4.39 Å². The third kappa shape index (κ3) is 5.91. The number of esters is 1. The van der Waals surface area contributed by atoms with Gasteiger partial charge in [-0.15, -0.1) is 0 Å². The third-order valence-corrected chi connectivity index (χ3v) is 3.44. The van der Waals surface area contributed by atoms with E-state index in [4.69, 9.17) is 9.47 Å². The Bertz CT molecular complexity index is 691. The van der Waals surface area contributed by atoms with Crippen LogP contribution in [0.3, 0.4) is 0 Å². The van der Waals surface area contributed by atoms with E-state index in [1.54, 1.807) is 18.3 Å². The van der Waals surface area contributed by atoms with Gasteiger partial charge in [0, 0.05) is 24.7 Å². The largest absolute Gasteiger partial charge is 0.491 e. The van der Waals surface area contributed by atoms with Crippen molar-refractivity contribution in [2.45, 2.75) is 25.3 Å². The number of aromatic nitrogens is 2. The fraction of sp³-hybridized carbons (Fsp3) is 0.353. The Balaban J connectivity index is 1.76. The molecule has 0 saturated heterocycles. The molecule has 25 heavy (non-hydrogen) atoms. The predicted molar refractivity (Wildman–Crippen MR) is 87.4 cm³/mol. The number of halogens is 1. The molecule has 2 rings (SSSR count). The zero-order valence-corrected chi connectivity index (χ0v) is 13.8. The number of benzene rings is 1. The number of rotatable bonds is 9. The molecular weight excluding hydrogens is 329 g/mol. The molecule has 1 aromatic carbocycles. The third-order valence-electron chi connectivity index (χ3n) is 3.44. The predicted octanol–water partition coefficient (Wildman–Crippen LogP) is 1.61. The lowest BCUT2D eigenvalue weighted by atomic mass is 10.1. The molecule has 1 heterocycles. The average molecular weight is 349 g/mol. The van der Waals surface area contributed by atoms with Gasteiger partial charge in [0.25, 0.3) is 0 Å². The molecule has 0 unspecified atom stereocenters. The normalized spacial score (nSPS) is 11.6. The minimum Gasteiger partial charge on any atom is -0.491 e. The quantitative estimate of drug-likeness (QED) is 0.530. The topological polar surface area (TPSA) is 93.3 Å². The van der Waals surface area contributed by atoms with Crippen LogP contribution in [0.1, 0.15) is 18.5 Å². The Morgan fingerprint density at radius 1 is 1.36 bits per heavy atom. The highest BCUT2D eigenvalue weighted by Crippen LogP contribution is 2.15. The first-order valence-electron chi connectivity index (χ1n) is 7.82. The molecule has 0 radical (unpaired) electrons. The van der Waals surface area contributed by atoms with Crippen molar-refractivity contribution in [2.24, 2.45) is 0 Å². The lowest BCUT2D eigenvalue weighted by Crippen LogP contribution is -2.43. The molecule has 1 aromatic heterocycles. The van der Waals surface area contributed by atoms with E-state index in [9.17, 15) is 14.0 Å². The van der Waals surface area contributed by atoms with Crippen molar-refractivity contribution in [1.82, 2.24) is 15.3 Å². The molecule has 7 nitrogen and oxygen atoms in total. The molecule has 1 amide bonds.